The molecule has 7 heteroatoms. The maximum absolute atomic E-state index is 4.63. The topological polar surface area (TPSA) is 81.8 Å². The monoisotopic (exact) mass is 351 g/mol. The number of hydrogen-bond acceptors (Lipinski definition) is 6. The number of nitrogens with zero attached hydrogens (tertiary/aromatic N) is 4. The summed E-state index contributed by atoms with van der Waals surface area (Å²) in [6.07, 6.45) is 2.39. The van der Waals surface area contributed by atoms with Crippen LogP contribution in [0.15, 0.2) is 30.3 Å². The lowest BCUT2D eigenvalue weighted by Crippen LogP contribution is -2.42. The molecule has 136 valence electrons. The van der Waals surface area contributed by atoms with E-state index in [0.29, 0.717) is 17.9 Å². The molecule has 0 bridgehead atoms. The van der Waals surface area contributed by atoms with E-state index in [2.05, 4.69) is 42.4 Å². The second-order valence-electron chi connectivity index (χ2n) is 6.82. The van der Waals surface area contributed by atoms with E-state index in [9.17, 15) is 0 Å². The summed E-state index contributed by atoms with van der Waals surface area (Å²) in [6.45, 7) is 7.55. The molecule has 0 saturated carbocycles. The first kappa shape index (κ1) is 16.8. The predicted molar refractivity (Wildman–Crippen MR) is 105 cm³/mol. The molecule has 0 aliphatic carbocycles. The molecule has 0 radical (unpaired) electrons. The third-order valence-corrected chi connectivity index (χ3v) is 4.78. The minimum atomic E-state index is 0.428. The van der Waals surface area contributed by atoms with Crippen molar-refractivity contribution in [2.45, 2.75) is 32.7 Å². The van der Waals surface area contributed by atoms with Gasteiger partial charge in [-0.25, -0.2) is 9.97 Å². The van der Waals surface area contributed by atoms with Gasteiger partial charge in [-0.15, -0.1) is 0 Å². The van der Waals surface area contributed by atoms with Crippen LogP contribution >= 0.6 is 0 Å². The number of anilines is 3. The highest BCUT2D eigenvalue weighted by atomic mass is 15.2. The molecule has 1 aromatic carbocycles. The smallest absolute Gasteiger partial charge is 0.231 e. The van der Waals surface area contributed by atoms with Gasteiger partial charge >= 0.3 is 0 Å². The molecule has 1 aliphatic heterocycles. The van der Waals surface area contributed by atoms with E-state index in [0.717, 1.165) is 35.6 Å². The maximum atomic E-state index is 4.63. The van der Waals surface area contributed by atoms with Crippen molar-refractivity contribution in [1.82, 2.24) is 24.8 Å². The molecule has 4 rings (SSSR count). The second-order valence-corrected chi connectivity index (χ2v) is 6.82. The van der Waals surface area contributed by atoms with Gasteiger partial charge in [0.2, 0.25) is 11.9 Å². The van der Waals surface area contributed by atoms with Crippen LogP contribution in [0.4, 0.5) is 17.7 Å². The Morgan fingerprint density at radius 1 is 1.23 bits per heavy atom. The van der Waals surface area contributed by atoms with E-state index in [1.807, 2.05) is 37.3 Å². The van der Waals surface area contributed by atoms with Crippen LogP contribution in [0.2, 0.25) is 0 Å². The normalized spacial score (nSPS) is 18.2. The van der Waals surface area contributed by atoms with Gasteiger partial charge < -0.3 is 15.2 Å². The molecule has 3 N–H and O–H groups in total. The molecule has 1 aliphatic rings. The maximum Gasteiger partial charge on any atom is 0.231 e. The van der Waals surface area contributed by atoms with Crippen LogP contribution in [-0.2, 0) is 0 Å². The minimum absolute atomic E-state index is 0.428. The van der Waals surface area contributed by atoms with Crippen molar-refractivity contribution in [3.05, 3.63) is 36.0 Å². The lowest BCUT2D eigenvalue weighted by Gasteiger charge is -2.32. The zero-order valence-corrected chi connectivity index (χ0v) is 15.3. The van der Waals surface area contributed by atoms with Gasteiger partial charge in [0.25, 0.3) is 0 Å². The first-order valence-corrected chi connectivity index (χ1v) is 9.26. The number of likely N-dealkylation sites (tertiary alicyclic amines) is 1. The van der Waals surface area contributed by atoms with Crippen molar-refractivity contribution in [2.75, 3.05) is 30.3 Å². The first-order chi connectivity index (χ1) is 12.7. The number of imidazole rings is 1. The first-order valence-electron chi connectivity index (χ1n) is 9.26. The van der Waals surface area contributed by atoms with Gasteiger partial charge in [0, 0.05) is 24.3 Å². The lowest BCUT2D eigenvalue weighted by atomic mass is 10.1. The average molecular weight is 351 g/mol. The summed E-state index contributed by atoms with van der Waals surface area (Å²) in [5.41, 5.74) is 2.83. The molecule has 2 aromatic heterocycles. The van der Waals surface area contributed by atoms with Crippen LogP contribution in [0, 0.1) is 6.92 Å². The average Bonchev–Trinajstić information content (AvgIpc) is 3.03. The Bertz CT molecular complexity index is 855. The number of likely N-dealkylation sites (N-methyl/N-ethyl adjacent to an activating group) is 1. The van der Waals surface area contributed by atoms with Crippen LogP contribution in [0.25, 0.3) is 11.0 Å². The standard InChI is InChI=1S/C19H25N7/c1-3-26-10-6-7-14(12-26)21-17-11-13(2)20-18(24-17)25-19-22-15-8-4-5-9-16(15)23-19/h4-5,8-9,11,14H,3,6-7,10,12H2,1-2H3,(H3,20,21,22,23,24,25). The minimum Gasteiger partial charge on any atom is -0.366 e. The summed E-state index contributed by atoms with van der Waals surface area (Å²) in [4.78, 5) is 19.4. The molecule has 26 heavy (non-hydrogen) atoms. The SMILES string of the molecule is CCN1CCCC(Nc2cc(C)nc(Nc3nc4ccccc4[nH]3)n2)C1. The summed E-state index contributed by atoms with van der Waals surface area (Å²) in [5.74, 6) is 2.06. The number of rotatable bonds is 5. The summed E-state index contributed by atoms with van der Waals surface area (Å²) >= 11 is 0. The molecule has 7 nitrogen and oxygen atoms in total. The van der Waals surface area contributed by atoms with Gasteiger partial charge in [0.1, 0.15) is 5.82 Å². The van der Waals surface area contributed by atoms with E-state index in [-0.39, 0.29) is 0 Å². The molecule has 1 fully saturated rings. The van der Waals surface area contributed by atoms with Gasteiger partial charge in [-0.05, 0) is 45.0 Å². The number of para-hydroxylation sites is 2. The molecule has 1 unspecified atom stereocenters. The summed E-state index contributed by atoms with van der Waals surface area (Å²) in [5, 5.41) is 6.77. The zero-order chi connectivity index (χ0) is 17.9. The largest absolute Gasteiger partial charge is 0.366 e. The van der Waals surface area contributed by atoms with Gasteiger partial charge in [-0.3, -0.25) is 5.32 Å². The zero-order valence-electron chi connectivity index (χ0n) is 15.3. The number of nitrogens with one attached hydrogen (secondary N) is 3. The van der Waals surface area contributed by atoms with Crippen LogP contribution < -0.4 is 10.6 Å². The van der Waals surface area contributed by atoms with Crippen molar-refractivity contribution < 1.29 is 0 Å². The van der Waals surface area contributed by atoms with Crippen molar-refractivity contribution in [2.24, 2.45) is 0 Å². The number of piperidine rings is 1. The van der Waals surface area contributed by atoms with E-state index in [1.165, 1.54) is 19.4 Å². The highest BCUT2D eigenvalue weighted by Gasteiger charge is 2.19. The highest BCUT2D eigenvalue weighted by molar-refractivity contribution is 5.77. The molecule has 3 aromatic rings. The summed E-state index contributed by atoms with van der Waals surface area (Å²) in [7, 11) is 0. The Morgan fingerprint density at radius 3 is 2.96 bits per heavy atom. The van der Waals surface area contributed by atoms with Gasteiger partial charge in [0.15, 0.2) is 0 Å². The fourth-order valence-electron chi connectivity index (χ4n) is 3.49. The number of hydrogen-bond donors (Lipinski definition) is 3. The quantitative estimate of drug-likeness (QED) is 0.654. The van der Waals surface area contributed by atoms with Crippen molar-refractivity contribution >= 4 is 28.7 Å². The number of benzene rings is 1. The molecule has 0 amide bonds. The van der Waals surface area contributed by atoms with Crippen molar-refractivity contribution in [1.29, 1.82) is 0 Å². The Kier molecular flexibility index (Phi) is 4.71. The third kappa shape index (κ3) is 3.77. The second kappa shape index (κ2) is 7.29. The molecule has 0 spiro atoms. The predicted octanol–water partition coefficient (Wildman–Crippen LogP) is 3.30. The Balaban J connectivity index is 1.50. The fourth-order valence-corrected chi connectivity index (χ4v) is 3.49. The molecule has 1 saturated heterocycles. The molecule has 1 atom stereocenters. The van der Waals surface area contributed by atoms with Crippen LogP contribution in [0.1, 0.15) is 25.5 Å². The molecular weight excluding hydrogens is 326 g/mol. The van der Waals surface area contributed by atoms with Crippen LogP contribution in [0.5, 0.6) is 0 Å². The Labute approximate surface area is 153 Å². The van der Waals surface area contributed by atoms with Gasteiger partial charge in [-0.1, -0.05) is 19.1 Å². The lowest BCUT2D eigenvalue weighted by molar-refractivity contribution is 0.226. The number of fused-ring (bicyclic) bond motifs is 1. The van der Waals surface area contributed by atoms with Gasteiger partial charge in [-0.2, -0.15) is 4.98 Å². The van der Waals surface area contributed by atoms with Crippen molar-refractivity contribution in [3.63, 3.8) is 0 Å². The van der Waals surface area contributed by atoms with E-state index in [4.69, 9.17) is 0 Å². The number of aryl methyl sites for hydroxylation is 1. The third-order valence-electron chi connectivity index (χ3n) is 4.78. The van der Waals surface area contributed by atoms with E-state index < -0.39 is 0 Å². The number of aromatic nitrogens is 4. The van der Waals surface area contributed by atoms with Crippen LogP contribution in [0.3, 0.4) is 0 Å². The Hall–Kier alpha value is -2.67. The van der Waals surface area contributed by atoms with Crippen molar-refractivity contribution in [3.8, 4) is 0 Å². The van der Waals surface area contributed by atoms with Gasteiger partial charge in [0.05, 0.1) is 11.0 Å². The van der Waals surface area contributed by atoms with Crippen LogP contribution in [-0.4, -0.2) is 50.5 Å². The number of H-pyrrole nitrogens is 1. The number of aromatic amines is 1. The van der Waals surface area contributed by atoms with E-state index >= 15 is 0 Å². The molecule has 3 heterocycles. The summed E-state index contributed by atoms with van der Waals surface area (Å²) < 4.78 is 0. The Morgan fingerprint density at radius 2 is 2.12 bits per heavy atom. The fraction of sp³-hybridized carbons (Fsp3) is 0.421. The highest BCUT2D eigenvalue weighted by Crippen LogP contribution is 2.19. The molecular formula is C19H25N7. The summed E-state index contributed by atoms with van der Waals surface area (Å²) in [6, 6.07) is 10.4. The van der Waals surface area contributed by atoms with E-state index in [1.54, 1.807) is 0 Å².